The Labute approximate surface area is 101 Å². The molecule has 1 heterocycles. The summed E-state index contributed by atoms with van der Waals surface area (Å²) in [6.45, 7) is 4.18. The molecule has 1 aromatic rings. The number of imide groups is 1. The van der Waals surface area contributed by atoms with Crippen LogP contribution in [0.4, 0.5) is 5.69 Å². The van der Waals surface area contributed by atoms with Gasteiger partial charge in [-0.1, -0.05) is 13.8 Å². The van der Waals surface area contributed by atoms with E-state index in [4.69, 9.17) is 0 Å². The van der Waals surface area contributed by atoms with Gasteiger partial charge in [-0.2, -0.15) is 0 Å². The SMILES string of the molecule is CNCC(=O)N(C=O)c1ccc(C(C)C)nc1. The van der Waals surface area contributed by atoms with Gasteiger partial charge in [0.2, 0.25) is 12.3 Å². The molecule has 0 aromatic carbocycles. The Balaban J connectivity index is 2.89. The van der Waals surface area contributed by atoms with Crippen LogP contribution in [0.2, 0.25) is 0 Å². The first-order valence-corrected chi connectivity index (χ1v) is 5.48. The quantitative estimate of drug-likeness (QED) is 0.771. The van der Waals surface area contributed by atoms with E-state index in [9.17, 15) is 9.59 Å². The smallest absolute Gasteiger partial charge is 0.247 e. The molecule has 1 rings (SSSR count). The van der Waals surface area contributed by atoms with Crippen molar-refractivity contribution >= 4 is 18.0 Å². The summed E-state index contributed by atoms with van der Waals surface area (Å²) in [6, 6.07) is 3.55. The Kier molecular flexibility index (Phi) is 4.78. The van der Waals surface area contributed by atoms with Gasteiger partial charge in [0.05, 0.1) is 18.4 Å². The number of likely N-dealkylation sites (N-methyl/N-ethyl adjacent to an activating group) is 1. The zero-order chi connectivity index (χ0) is 12.8. The predicted octanol–water partition coefficient (Wildman–Crippen LogP) is 0.914. The molecule has 1 aromatic heterocycles. The van der Waals surface area contributed by atoms with Gasteiger partial charge in [-0.15, -0.1) is 0 Å². The molecule has 2 amide bonds. The highest BCUT2D eigenvalue weighted by Crippen LogP contribution is 2.16. The van der Waals surface area contributed by atoms with Crippen molar-refractivity contribution in [2.45, 2.75) is 19.8 Å². The number of carbonyl (C=O) groups is 2. The first-order valence-electron chi connectivity index (χ1n) is 5.48. The lowest BCUT2D eigenvalue weighted by Crippen LogP contribution is -2.36. The van der Waals surface area contributed by atoms with Crippen molar-refractivity contribution < 1.29 is 9.59 Å². The molecule has 0 aliphatic rings. The standard InChI is InChI=1S/C12H17N3O2/c1-9(2)11-5-4-10(6-14-11)15(8-16)12(17)7-13-3/h4-6,8-9,13H,7H2,1-3H3. The van der Waals surface area contributed by atoms with E-state index >= 15 is 0 Å². The van der Waals surface area contributed by atoms with Crippen LogP contribution >= 0.6 is 0 Å². The van der Waals surface area contributed by atoms with Gasteiger partial charge in [-0.05, 0) is 25.1 Å². The summed E-state index contributed by atoms with van der Waals surface area (Å²) in [5, 5.41) is 2.71. The molecular formula is C12H17N3O2. The Morgan fingerprint density at radius 3 is 2.65 bits per heavy atom. The van der Waals surface area contributed by atoms with Crippen molar-refractivity contribution in [2.24, 2.45) is 0 Å². The molecule has 1 N–H and O–H groups in total. The van der Waals surface area contributed by atoms with E-state index in [0.717, 1.165) is 10.6 Å². The van der Waals surface area contributed by atoms with E-state index in [1.165, 1.54) is 6.20 Å². The highest BCUT2D eigenvalue weighted by Gasteiger charge is 2.14. The van der Waals surface area contributed by atoms with Crippen molar-refractivity contribution in [2.75, 3.05) is 18.5 Å². The number of pyridine rings is 1. The maximum atomic E-state index is 11.6. The number of hydrogen-bond acceptors (Lipinski definition) is 4. The average molecular weight is 235 g/mol. The van der Waals surface area contributed by atoms with Crippen LogP contribution in [0.25, 0.3) is 0 Å². The molecule has 17 heavy (non-hydrogen) atoms. The molecule has 92 valence electrons. The summed E-state index contributed by atoms with van der Waals surface area (Å²) in [5.41, 5.74) is 1.42. The summed E-state index contributed by atoms with van der Waals surface area (Å²) >= 11 is 0. The topological polar surface area (TPSA) is 62.3 Å². The van der Waals surface area contributed by atoms with Gasteiger partial charge in [-0.25, -0.2) is 0 Å². The number of rotatable bonds is 5. The Morgan fingerprint density at radius 2 is 2.24 bits per heavy atom. The molecule has 0 fully saturated rings. The fraction of sp³-hybridized carbons (Fsp3) is 0.417. The molecule has 0 unspecified atom stereocenters. The lowest BCUT2D eigenvalue weighted by Gasteiger charge is -2.15. The number of amides is 2. The molecule has 5 nitrogen and oxygen atoms in total. The molecule has 0 spiro atoms. The van der Waals surface area contributed by atoms with E-state index in [-0.39, 0.29) is 12.5 Å². The first-order chi connectivity index (χ1) is 8.10. The van der Waals surface area contributed by atoms with E-state index < -0.39 is 0 Å². The van der Waals surface area contributed by atoms with Crippen LogP contribution in [0, 0.1) is 0 Å². The summed E-state index contributed by atoms with van der Waals surface area (Å²) in [5.74, 6) is 0.0170. The van der Waals surface area contributed by atoms with Gasteiger partial charge in [0.25, 0.3) is 0 Å². The third kappa shape index (κ3) is 3.35. The minimum absolute atomic E-state index is 0.116. The second-order valence-corrected chi connectivity index (χ2v) is 4.00. The molecule has 0 aliphatic heterocycles. The maximum Gasteiger partial charge on any atom is 0.247 e. The van der Waals surface area contributed by atoms with Gasteiger partial charge < -0.3 is 5.32 Å². The second kappa shape index (κ2) is 6.10. The summed E-state index contributed by atoms with van der Waals surface area (Å²) < 4.78 is 0. The van der Waals surface area contributed by atoms with E-state index in [0.29, 0.717) is 18.0 Å². The zero-order valence-corrected chi connectivity index (χ0v) is 10.3. The van der Waals surface area contributed by atoms with E-state index in [1.807, 2.05) is 19.9 Å². The monoisotopic (exact) mass is 235 g/mol. The zero-order valence-electron chi connectivity index (χ0n) is 10.3. The average Bonchev–Trinajstić information content (AvgIpc) is 2.31. The van der Waals surface area contributed by atoms with E-state index in [1.54, 1.807) is 13.1 Å². The fourth-order valence-corrected chi connectivity index (χ4v) is 1.38. The maximum absolute atomic E-state index is 11.6. The lowest BCUT2D eigenvalue weighted by molar-refractivity contribution is -0.121. The van der Waals surface area contributed by atoms with Crippen LogP contribution in [0.15, 0.2) is 18.3 Å². The number of carbonyl (C=O) groups excluding carboxylic acids is 2. The van der Waals surface area contributed by atoms with Crippen molar-refractivity contribution in [3.8, 4) is 0 Å². The Hall–Kier alpha value is -1.75. The van der Waals surface area contributed by atoms with Gasteiger partial charge >= 0.3 is 0 Å². The van der Waals surface area contributed by atoms with Crippen LogP contribution in [-0.2, 0) is 9.59 Å². The number of nitrogens with one attached hydrogen (secondary N) is 1. The molecule has 0 bridgehead atoms. The third-order valence-electron chi connectivity index (χ3n) is 2.34. The number of anilines is 1. The predicted molar refractivity (Wildman–Crippen MR) is 65.8 cm³/mol. The van der Waals surface area contributed by atoms with Gasteiger partial charge in [-0.3, -0.25) is 19.5 Å². The van der Waals surface area contributed by atoms with Crippen molar-refractivity contribution in [1.82, 2.24) is 10.3 Å². The normalized spacial score (nSPS) is 10.4. The molecule has 0 aliphatic carbocycles. The van der Waals surface area contributed by atoms with Crippen LogP contribution in [0.5, 0.6) is 0 Å². The van der Waals surface area contributed by atoms with Crippen LogP contribution < -0.4 is 10.2 Å². The first kappa shape index (κ1) is 13.3. The lowest BCUT2D eigenvalue weighted by atomic mass is 10.1. The van der Waals surface area contributed by atoms with Gasteiger partial charge in [0.1, 0.15) is 0 Å². The summed E-state index contributed by atoms with van der Waals surface area (Å²) in [6.07, 6.45) is 2.04. The van der Waals surface area contributed by atoms with Crippen molar-refractivity contribution in [1.29, 1.82) is 0 Å². The molecule has 0 saturated carbocycles. The van der Waals surface area contributed by atoms with Crippen LogP contribution in [-0.4, -0.2) is 30.9 Å². The minimum atomic E-state index is -0.304. The summed E-state index contributed by atoms with van der Waals surface area (Å²) in [7, 11) is 1.65. The third-order valence-corrected chi connectivity index (χ3v) is 2.34. The van der Waals surface area contributed by atoms with Gasteiger partial charge in [0.15, 0.2) is 0 Å². The van der Waals surface area contributed by atoms with Crippen LogP contribution in [0.1, 0.15) is 25.5 Å². The molecule has 0 saturated heterocycles. The largest absolute Gasteiger partial charge is 0.311 e. The Bertz CT molecular complexity index is 387. The highest BCUT2D eigenvalue weighted by molar-refractivity contribution is 6.07. The minimum Gasteiger partial charge on any atom is -0.311 e. The van der Waals surface area contributed by atoms with Crippen molar-refractivity contribution in [3.63, 3.8) is 0 Å². The number of nitrogens with zero attached hydrogens (tertiary/aromatic N) is 2. The molecule has 5 heteroatoms. The fourth-order valence-electron chi connectivity index (χ4n) is 1.38. The molecule has 0 radical (unpaired) electrons. The highest BCUT2D eigenvalue weighted by atomic mass is 16.2. The van der Waals surface area contributed by atoms with Crippen LogP contribution in [0.3, 0.4) is 0 Å². The Morgan fingerprint density at radius 1 is 1.53 bits per heavy atom. The van der Waals surface area contributed by atoms with E-state index in [2.05, 4.69) is 10.3 Å². The molecule has 0 atom stereocenters. The van der Waals surface area contributed by atoms with Gasteiger partial charge in [0, 0.05) is 5.69 Å². The number of aromatic nitrogens is 1. The van der Waals surface area contributed by atoms with Crippen molar-refractivity contribution in [3.05, 3.63) is 24.0 Å². The second-order valence-electron chi connectivity index (χ2n) is 4.00. The summed E-state index contributed by atoms with van der Waals surface area (Å²) in [4.78, 5) is 27.8. The molecular weight excluding hydrogens is 218 g/mol. The number of hydrogen-bond donors (Lipinski definition) is 1.